The van der Waals surface area contributed by atoms with Crippen LogP contribution >= 0.6 is 0 Å². The number of carbonyl (C=O) groups is 1. The zero-order valence-corrected chi connectivity index (χ0v) is 14.9. The van der Waals surface area contributed by atoms with Gasteiger partial charge in [-0.1, -0.05) is 30.3 Å². The van der Waals surface area contributed by atoms with Gasteiger partial charge in [-0.2, -0.15) is 8.78 Å². The van der Waals surface area contributed by atoms with Crippen LogP contribution in [0.25, 0.3) is 0 Å². The largest absolute Gasteiger partial charge is 0.435 e. The van der Waals surface area contributed by atoms with Crippen LogP contribution in [0.1, 0.15) is 22.8 Å². The van der Waals surface area contributed by atoms with Crippen LogP contribution in [0.5, 0.6) is 5.75 Å². The molecule has 7 nitrogen and oxygen atoms in total. The quantitative estimate of drug-likeness (QED) is 0.689. The number of carbonyl (C=O) groups excluding carboxylic acids is 1. The van der Waals surface area contributed by atoms with E-state index in [4.69, 9.17) is 5.73 Å². The lowest BCUT2D eigenvalue weighted by atomic mass is 9.82. The molecule has 1 heterocycles. The van der Waals surface area contributed by atoms with E-state index < -0.39 is 30.8 Å². The average molecular weight is 391 g/mol. The first-order valence-electron chi connectivity index (χ1n) is 8.37. The van der Waals surface area contributed by atoms with Gasteiger partial charge < -0.3 is 20.7 Å². The van der Waals surface area contributed by atoms with Gasteiger partial charge >= 0.3 is 6.61 Å². The molecule has 2 aromatic carbocycles. The van der Waals surface area contributed by atoms with Crippen molar-refractivity contribution in [3.8, 4) is 5.75 Å². The summed E-state index contributed by atoms with van der Waals surface area (Å²) >= 11 is 0. The molecule has 0 spiro atoms. The lowest BCUT2D eigenvalue weighted by Gasteiger charge is -2.27. The highest BCUT2D eigenvalue weighted by Crippen LogP contribution is 2.40. The van der Waals surface area contributed by atoms with Crippen molar-refractivity contribution in [2.45, 2.75) is 18.3 Å². The van der Waals surface area contributed by atoms with E-state index in [0.717, 1.165) is 0 Å². The van der Waals surface area contributed by atoms with E-state index in [9.17, 15) is 23.8 Å². The summed E-state index contributed by atoms with van der Waals surface area (Å²) in [6, 6.07) is 12.0. The Kier molecular flexibility index (Phi) is 5.30. The highest BCUT2D eigenvalue weighted by Gasteiger charge is 2.49. The summed E-state index contributed by atoms with van der Waals surface area (Å²) in [6.45, 7) is -3.46. The Bertz CT molecular complexity index is 904. The van der Waals surface area contributed by atoms with Crippen molar-refractivity contribution in [3.05, 3.63) is 65.2 Å². The third kappa shape index (κ3) is 3.30. The van der Waals surface area contributed by atoms with Crippen LogP contribution in [0, 0.1) is 0 Å². The molecule has 0 radical (unpaired) electrons. The Morgan fingerprint density at radius 1 is 1.21 bits per heavy atom. The van der Waals surface area contributed by atoms with Gasteiger partial charge in [-0.05, 0) is 34.9 Å². The Labute approximate surface area is 159 Å². The number of ether oxygens (including phenoxy) is 1. The molecule has 0 fully saturated rings. The van der Waals surface area contributed by atoms with E-state index in [1.165, 1.54) is 36.2 Å². The lowest BCUT2D eigenvalue weighted by molar-refractivity contribution is -0.129. The predicted molar refractivity (Wildman–Crippen MR) is 96.7 cm³/mol. The summed E-state index contributed by atoms with van der Waals surface area (Å²) in [4.78, 5) is 18.7. The number of nitrogens with two attached hydrogens (primary N) is 1. The molecule has 1 aliphatic heterocycles. The first-order chi connectivity index (χ1) is 13.3. The maximum absolute atomic E-state index is 13.1. The molecule has 0 aliphatic carbocycles. The SMILES string of the molecule is CN1C(=O)C(c2ccc(OC(F)F)cc2)(c2cccc(C(O)CO)c2)N=C1N. The zero-order valence-electron chi connectivity index (χ0n) is 14.9. The number of aliphatic hydroxyl groups is 2. The van der Waals surface area contributed by atoms with Crippen molar-refractivity contribution >= 4 is 11.9 Å². The van der Waals surface area contributed by atoms with Crippen molar-refractivity contribution < 1.29 is 28.5 Å². The van der Waals surface area contributed by atoms with Crippen molar-refractivity contribution in [3.63, 3.8) is 0 Å². The maximum atomic E-state index is 13.1. The molecule has 1 aliphatic rings. The average Bonchev–Trinajstić information content (AvgIpc) is 2.92. The fraction of sp³-hybridized carbons (Fsp3) is 0.263. The molecule has 0 aromatic heterocycles. The number of amides is 1. The fourth-order valence-electron chi connectivity index (χ4n) is 3.14. The van der Waals surface area contributed by atoms with Crippen molar-refractivity contribution in [2.75, 3.05) is 13.7 Å². The summed E-state index contributed by atoms with van der Waals surface area (Å²) in [5.74, 6) is -0.511. The van der Waals surface area contributed by atoms with Gasteiger partial charge in [-0.25, -0.2) is 4.99 Å². The van der Waals surface area contributed by atoms with E-state index >= 15 is 0 Å². The molecule has 2 atom stereocenters. The summed E-state index contributed by atoms with van der Waals surface area (Å²) in [5.41, 5.74) is 5.53. The number of aliphatic imine (C=N–C) groups is 1. The minimum atomic E-state index is -2.97. The number of likely N-dealkylation sites (N-methyl/N-ethyl adjacent to an activating group) is 1. The molecule has 9 heteroatoms. The van der Waals surface area contributed by atoms with Gasteiger partial charge in [0, 0.05) is 7.05 Å². The van der Waals surface area contributed by atoms with E-state index in [2.05, 4.69) is 9.73 Å². The Hall–Kier alpha value is -3.04. The first kappa shape index (κ1) is 19.7. The van der Waals surface area contributed by atoms with Gasteiger partial charge in [0.2, 0.25) is 0 Å². The molecule has 0 saturated heterocycles. The molecule has 1 amide bonds. The monoisotopic (exact) mass is 391 g/mol. The fourth-order valence-corrected chi connectivity index (χ4v) is 3.14. The molecular weight excluding hydrogens is 372 g/mol. The number of halogens is 2. The molecule has 0 bridgehead atoms. The van der Waals surface area contributed by atoms with Gasteiger partial charge in [-0.15, -0.1) is 0 Å². The van der Waals surface area contributed by atoms with Crippen LogP contribution in [0.2, 0.25) is 0 Å². The summed E-state index contributed by atoms with van der Waals surface area (Å²) < 4.78 is 29.2. The van der Waals surface area contributed by atoms with E-state index in [-0.39, 0.29) is 11.7 Å². The molecule has 4 N–H and O–H groups in total. The number of rotatable bonds is 6. The van der Waals surface area contributed by atoms with Crippen LogP contribution in [-0.2, 0) is 10.3 Å². The number of hydrogen-bond donors (Lipinski definition) is 3. The van der Waals surface area contributed by atoms with Crippen LogP contribution < -0.4 is 10.5 Å². The summed E-state index contributed by atoms with van der Waals surface area (Å²) in [6.07, 6.45) is -1.13. The Morgan fingerprint density at radius 3 is 2.43 bits per heavy atom. The molecular formula is C19H19F2N3O4. The van der Waals surface area contributed by atoms with Crippen LogP contribution in [0.15, 0.2) is 53.5 Å². The molecule has 2 aromatic rings. The highest BCUT2D eigenvalue weighted by atomic mass is 19.3. The summed E-state index contributed by atoms with van der Waals surface area (Å²) in [5, 5.41) is 19.2. The van der Waals surface area contributed by atoms with Crippen LogP contribution in [0.4, 0.5) is 8.78 Å². The van der Waals surface area contributed by atoms with Gasteiger partial charge in [0.25, 0.3) is 5.91 Å². The predicted octanol–water partition coefficient (Wildman–Crippen LogP) is 1.34. The van der Waals surface area contributed by atoms with Gasteiger partial charge in [0.1, 0.15) is 11.9 Å². The van der Waals surface area contributed by atoms with Crippen molar-refractivity contribution in [1.82, 2.24) is 4.90 Å². The molecule has 148 valence electrons. The van der Waals surface area contributed by atoms with Crippen LogP contribution in [-0.4, -0.2) is 47.2 Å². The van der Waals surface area contributed by atoms with Gasteiger partial charge in [-0.3, -0.25) is 9.69 Å². The number of aliphatic hydroxyl groups excluding tert-OH is 2. The number of nitrogens with zero attached hydrogens (tertiary/aromatic N) is 2. The Balaban J connectivity index is 2.15. The second-order valence-corrected chi connectivity index (χ2v) is 6.27. The van der Waals surface area contributed by atoms with Gasteiger partial charge in [0.15, 0.2) is 11.5 Å². The minimum Gasteiger partial charge on any atom is -0.435 e. The smallest absolute Gasteiger partial charge is 0.387 e. The molecule has 0 saturated carbocycles. The van der Waals surface area contributed by atoms with E-state index in [1.807, 2.05) is 0 Å². The van der Waals surface area contributed by atoms with Gasteiger partial charge in [0.05, 0.1) is 6.61 Å². The standard InChI is InChI=1S/C19H19F2N3O4/c1-24-16(27)19(23-18(24)22,12-5-7-14(8-6-12)28-17(20)21)13-4-2-3-11(9-13)15(26)10-25/h2-9,15,17,25-26H,10H2,1H3,(H2,22,23). The number of guanidine groups is 1. The second kappa shape index (κ2) is 7.53. The number of hydrogen-bond acceptors (Lipinski definition) is 6. The van der Waals surface area contributed by atoms with E-state index in [0.29, 0.717) is 16.7 Å². The zero-order chi connectivity index (χ0) is 20.5. The van der Waals surface area contributed by atoms with Crippen molar-refractivity contribution in [2.24, 2.45) is 10.7 Å². The first-order valence-corrected chi connectivity index (χ1v) is 8.37. The molecule has 3 rings (SSSR count). The molecule has 2 unspecified atom stereocenters. The normalized spacial score (nSPS) is 20.4. The molecule has 28 heavy (non-hydrogen) atoms. The van der Waals surface area contributed by atoms with Crippen molar-refractivity contribution in [1.29, 1.82) is 0 Å². The third-order valence-corrected chi connectivity index (χ3v) is 4.60. The minimum absolute atomic E-state index is 0.00832. The number of benzene rings is 2. The maximum Gasteiger partial charge on any atom is 0.387 e. The lowest BCUT2D eigenvalue weighted by Crippen LogP contribution is -2.41. The topological polar surface area (TPSA) is 108 Å². The third-order valence-electron chi connectivity index (χ3n) is 4.60. The van der Waals surface area contributed by atoms with Crippen LogP contribution in [0.3, 0.4) is 0 Å². The Morgan fingerprint density at radius 2 is 1.89 bits per heavy atom. The highest BCUT2D eigenvalue weighted by molar-refractivity contribution is 6.08. The summed E-state index contributed by atoms with van der Waals surface area (Å²) in [7, 11) is 1.48. The second-order valence-electron chi connectivity index (χ2n) is 6.27. The number of alkyl halides is 2. The van der Waals surface area contributed by atoms with E-state index in [1.54, 1.807) is 24.3 Å².